The van der Waals surface area contributed by atoms with Gasteiger partial charge in [-0.25, -0.2) is 0 Å². The highest BCUT2D eigenvalue weighted by atomic mass is 79.9. The molecule has 2 fully saturated rings. The number of halogens is 1. The molecule has 2 aliphatic heterocycles. The van der Waals surface area contributed by atoms with E-state index in [4.69, 9.17) is 9.47 Å². The minimum absolute atomic E-state index is 0.348. The highest BCUT2D eigenvalue weighted by Gasteiger charge is 2.35. The van der Waals surface area contributed by atoms with Crippen LogP contribution in [0.15, 0.2) is 22.7 Å². The molecule has 2 saturated heterocycles. The number of hydrogen-bond donors (Lipinski definition) is 1. The zero-order chi connectivity index (χ0) is 14.2. The summed E-state index contributed by atoms with van der Waals surface area (Å²) in [5, 5.41) is 10.7. The van der Waals surface area contributed by atoms with Gasteiger partial charge in [0.25, 0.3) is 0 Å². The lowest BCUT2D eigenvalue weighted by Gasteiger charge is -2.36. The fraction of sp³-hybridized carbons (Fsp3) is 0.600. The van der Waals surface area contributed by atoms with E-state index in [-0.39, 0.29) is 0 Å². The topological polar surface area (TPSA) is 41.9 Å². The highest BCUT2D eigenvalue weighted by Crippen LogP contribution is 2.35. The Morgan fingerprint density at radius 1 is 1.30 bits per heavy atom. The molecule has 3 rings (SSSR count). The molecule has 5 heteroatoms. The summed E-state index contributed by atoms with van der Waals surface area (Å²) < 4.78 is 11.8. The van der Waals surface area contributed by atoms with E-state index in [1.165, 1.54) is 0 Å². The van der Waals surface area contributed by atoms with Gasteiger partial charge in [-0.3, -0.25) is 0 Å². The Morgan fingerprint density at radius 2 is 2.15 bits per heavy atom. The van der Waals surface area contributed by atoms with Crippen LogP contribution in [0.2, 0.25) is 0 Å². The molecule has 1 aromatic carbocycles. The summed E-state index contributed by atoms with van der Waals surface area (Å²) in [6.45, 7) is 5.53. The predicted molar refractivity (Wildman–Crippen MR) is 81.1 cm³/mol. The molecule has 0 amide bonds. The maximum Gasteiger partial charge on any atom is 0.115 e. The Hall–Kier alpha value is -0.620. The Morgan fingerprint density at radius 3 is 2.85 bits per heavy atom. The minimum Gasteiger partial charge on any atom is -0.383 e. The monoisotopic (exact) mass is 341 g/mol. The van der Waals surface area contributed by atoms with E-state index >= 15 is 0 Å². The molecule has 0 radical (unpaired) electrons. The summed E-state index contributed by atoms with van der Waals surface area (Å²) in [7, 11) is 0. The van der Waals surface area contributed by atoms with Gasteiger partial charge in [0.15, 0.2) is 0 Å². The second-order valence-corrected chi connectivity index (χ2v) is 6.57. The molecule has 0 aromatic heterocycles. The normalized spacial score (nSPS) is 30.8. The summed E-state index contributed by atoms with van der Waals surface area (Å²) in [4.78, 5) is 2.33. The first kappa shape index (κ1) is 14.3. The average molecular weight is 342 g/mol. The van der Waals surface area contributed by atoms with Crippen LogP contribution < -0.4 is 4.90 Å². The van der Waals surface area contributed by atoms with Crippen molar-refractivity contribution in [3.8, 4) is 0 Å². The van der Waals surface area contributed by atoms with Crippen molar-refractivity contribution in [2.24, 2.45) is 0 Å². The minimum atomic E-state index is -0.853. The third-order valence-corrected chi connectivity index (χ3v) is 4.58. The Balaban J connectivity index is 1.94. The van der Waals surface area contributed by atoms with Crippen molar-refractivity contribution >= 4 is 21.6 Å². The fourth-order valence-electron chi connectivity index (χ4n) is 2.90. The lowest BCUT2D eigenvalue weighted by molar-refractivity contribution is 0.0231. The summed E-state index contributed by atoms with van der Waals surface area (Å²) in [6.07, 6.45) is 0.654. The van der Waals surface area contributed by atoms with Gasteiger partial charge in [-0.15, -0.1) is 0 Å². The standard InChI is InChI=1S/C15H20BrNO3/c1-11-9-19-5-3-17(11)14-7-12(6-13(16)8-14)15(18)2-4-20-10-15/h6-8,11,18H,2-5,9-10H2,1H3. The summed E-state index contributed by atoms with van der Waals surface area (Å²) in [5.74, 6) is 0. The molecular formula is C15H20BrNO3. The van der Waals surface area contributed by atoms with E-state index in [0.29, 0.717) is 25.7 Å². The largest absolute Gasteiger partial charge is 0.383 e. The first-order chi connectivity index (χ1) is 9.58. The molecule has 0 saturated carbocycles. The van der Waals surface area contributed by atoms with Crippen molar-refractivity contribution in [3.63, 3.8) is 0 Å². The van der Waals surface area contributed by atoms with Gasteiger partial charge >= 0.3 is 0 Å². The molecule has 1 aromatic rings. The first-order valence-corrected chi connectivity index (χ1v) is 7.83. The molecule has 0 aliphatic carbocycles. The van der Waals surface area contributed by atoms with Gasteiger partial charge in [0.2, 0.25) is 0 Å². The van der Waals surface area contributed by atoms with Crippen LogP contribution in [0.5, 0.6) is 0 Å². The summed E-state index contributed by atoms with van der Waals surface area (Å²) in [6, 6.07) is 6.52. The van der Waals surface area contributed by atoms with Crippen molar-refractivity contribution in [2.75, 3.05) is 37.9 Å². The lowest BCUT2D eigenvalue weighted by Crippen LogP contribution is -2.43. The molecule has 2 aliphatic rings. The van der Waals surface area contributed by atoms with Crippen molar-refractivity contribution in [3.05, 3.63) is 28.2 Å². The number of aliphatic hydroxyl groups is 1. The van der Waals surface area contributed by atoms with E-state index < -0.39 is 5.60 Å². The van der Waals surface area contributed by atoms with Crippen LogP contribution >= 0.6 is 15.9 Å². The van der Waals surface area contributed by atoms with Crippen molar-refractivity contribution in [1.82, 2.24) is 0 Å². The van der Waals surface area contributed by atoms with Gasteiger partial charge in [-0.1, -0.05) is 15.9 Å². The first-order valence-electron chi connectivity index (χ1n) is 7.04. The number of hydrogen-bond acceptors (Lipinski definition) is 4. The molecule has 2 heterocycles. The molecule has 1 N–H and O–H groups in total. The number of anilines is 1. The Bertz CT molecular complexity index is 488. The third kappa shape index (κ3) is 2.72. The quantitative estimate of drug-likeness (QED) is 0.896. The summed E-state index contributed by atoms with van der Waals surface area (Å²) >= 11 is 3.56. The van der Waals surface area contributed by atoms with Crippen LogP contribution in [0.25, 0.3) is 0 Å². The lowest BCUT2D eigenvalue weighted by atomic mass is 9.92. The van der Waals surface area contributed by atoms with Crippen molar-refractivity contribution in [1.29, 1.82) is 0 Å². The maximum absolute atomic E-state index is 10.7. The molecule has 110 valence electrons. The zero-order valence-electron chi connectivity index (χ0n) is 11.6. The van der Waals surface area contributed by atoms with Gasteiger partial charge in [0.05, 0.1) is 19.8 Å². The fourth-order valence-corrected chi connectivity index (χ4v) is 3.38. The zero-order valence-corrected chi connectivity index (χ0v) is 13.2. The van der Waals surface area contributed by atoms with Gasteiger partial charge < -0.3 is 19.5 Å². The molecule has 2 unspecified atom stereocenters. The van der Waals surface area contributed by atoms with Crippen LogP contribution in [-0.2, 0) is 15.1 Å². The maximum atomic E-state index is 10.7. The molecule has 4 nitrogen and oxygen atoms in total. The number of morpholine rings is 1. The molecule has 20 heavy (non-hydrogen) atoms. The Kier molecular flexibility index (Phi) is 4.04. The molecular weight excluding hydrogens is 322 g/mol. The number of benzene rings is 1. The molecule has 2 atom stereocenters. The predicted octanol–water partition coefficient (Wildman–Crippen LogP) is 2.28. The summed E-state index contributed by atoms with van der Waals surface area (Å²) in [5.41, 5.74) is 1.21. The number of ether oxygens (including phenoxy) is 2. The van der Waals surface area contributed by atoms with E-state index in [1.54, 1.807) is 0 Å². The molecule has 0 bridgehead atoms. The SMILES string of the molecule is CC1COCCN1c1cc(Br)cc(C2(O)CCOC2)c1. The van der Waals surface area contributed by atoms with Crippen LogP contribution in [0.4, 0.5) is 5.69 Å². The molecule has 0 spiro atoms. The van der Waals surface area contributed by atoms with Crippen LogP contribution in [-0.4, -0.2) is 44.1 Å². The number of nitrogens with zero attached hydrogens (tertiary/aromatic N) is 1. The van der Waals surface area contributed by atoms with Crippen LogP contribution in [0.1, 0.15) is 18.9 Å². The van der Waals surface area contributed by atoms with Crippen molar-refractivity contribution < 1.29 is 14.6 Å². The van der Waals surface area contributed by atoms with Gasteiger partial charge in [-0.2, -0.15) is 0 Å². The smallest absolute Gasteiger partial charge is 0.115 e. The van der Waals surface area contributed by atoms with Crippen LogP contribution in [0, 0.1) is 0 Å². The van der Waals surface area contributed by atoms with Gasteiger partial charge in [0.1, 0.15) is 5.60 Å². The van der Waals surface area contributed by atoms with Crippen molar-refractivity contribution in [2.45, 2.75) is 25.0 Å². The second kappa shape index (κ2) is 5.64. The van der Waals surface area contributed by atoms with E-state index in [9.17, 15) is 5.11 Å². The van der Waals surface area contributed by atoms with E-state index in [0.717, 1.165) is 35.5 Å². The Labute approximate surface area is 127 Å². The second-order valence-electron chi connectivity index (χ2n) is 5.65. The van der Waals surface area contributed by atoms with Gasteiger partial charge in [0, 0.05) is 35.8 Å². The highest BCUT2D eigenvalue weighted by molar-refractivity contribution is 9.10. The van der Waals surface area contributed by atoms with E-state index in [1.807, 2.05) is 6.07 Å². The van der Waals surface area contributed by atoms with E-state index in [2.05, 4.69) is 39.9 Å². The average Bonchev–Trinajstić information content (AvgIpc) is 2.87. The van der Waals surface area contributed by atoms with Crippen LogP contribution in [0.3, 0.4) is 0 Å². The number of rotatable bonds is 2. The van der Waals surface area contributed by atoms with Gasteiger partial charge in [-0.05, 0) is 30.7 Å². The third-order valence-electron chi connectivity index (χ3n) is 4.12.